The number of hydrogen-bond acceptors (Lipinski definition) is 2. The Morgan fingerprint density at radius 2 is 1.71 bits per heavy atom. The fraction of sp³-hybridized carbons (Fsp3) is 0.800. The zero-order valence-electron chi connectivity index (χ0n) is 9.63. The third kappa shape index (κ3) is 4.25. The number of carbonyl (C=O) groups excluding carboxylic acids is 2. The molecule has 0 bridgehead atoms. The zero-order chi connectivity index (χ0) is 11.3. The Morgan fingerprint density at radius 1 is 1.21 bits per heavy atom. The van der Waals surface area contributed by atoms with E-state index in [0.29, 0.717) is 0 Å². The van der Waals surface area contributed by atoms with E-state index in [0.717, 1.165) is 0 Å². The molecule has 0 heterocycles. The first-order chi connectivity index (χ1) is 6.36. The Kier molecular flexibility index (Phi) is 5.20. The molecule has 14 heavy (non-hydrogen) atoms. The molecule has 0 radical (unpaired) electrons. The van der Waals surface area contributed by atoms with E-state index in [2.05, 4.69) is 5.32 Å². The third-order valence-electron chi connectivity index (χ3n) is 2.11. The summed E-state index contributed by atoms with van der Waals surface area (Å²) < 4.78 is 0. The summed E-state index contributed by atoms with van der Waals surface area (Å²) in [5.74, 6) is -0.225. The molecule has 0 atom stereocenters. The highest BCUT2D eigenvalue weighted by Crippen LogP contribution is 1.94. The second kappa shape index (κ2) is 5.62. The Bertz CT molecular complexity index is 212. The summed E-state index contributed by atoms with van der Waals surface area (Å²) in [6, 6.07) is 0.165. The molecule has 4 nitrogen and oxygen atoms in total. The van der Waals surface area contributed by atoms with Gasteiger partial charge >= 0.3 is 0 Å². The van der Waals surface area contributed by atoms with E-state index in [-0.39, 0.29) is 30.3 Å². The van der Waals surface area contributed by atoms with Gasteiger partial charge in [-0.05, 0) is 13.8 Å². The van der Waals surface area contributed by atoms with Crippen LogP contribution in [-0.4, -0.2) is 36.3 Å². The standard InChI is InChI=1S/C10H20N2O2/c1-7(2)10(14)11-6-9(13)12(5)8(3)4/h7-8H,6H2,1-5H3,(H,11,14). The molecule has 0 saturated carbocycles. The van der Waals surface area contributed by atoms with Gasteiger partial charge in [0.25, 0.3) is 0 Å². The number of nitrogens with one attached hydrogen (secondary N) is 1. The largest absolute Gasteiger partial charge is 0.347 e. The second-order valence-electron chi connectivity index (χ2n) is 3.97. The van der Waals surface area contributed by atoms with Crippen LogP contribution in [0.5, 0.6) is 0 Å². The zero-order valence-corrected chi connectivity index (χ0v) is 9.63. The average molecular weight is 200 g/mol. The van der Waals surface area contributed by atoms with Gasteiger partial charge in [0, 0.05) is 19.0 Å². The van der Waals surface area contributed by atoms with Crippen molar-refractivity contribution >= 4 is 11.8 Å². The number of carbonyl (C=O) groups is 2. The van der Waals surface area contributed by atoms with Gasteiger partial charge in [0.05, 0.1) is 6.54 Å². The minimum absolute atomic E-state index is 0.0611. The summed E-state index contributed by atoms with van der Waals surface area (Å²) in [6.07, 6.45) is 0. The smallest absolute Gasteiger partial charge is 0.241 e. The van der Waals surface area contributed by atoms with Crippen LogP contribution in [0.4, 0.5) is 0 Å². The van der Waals surface area contributed by atoms with Gasteiger partial charge in [-0.25, -0.2) is 0 Å². The molecule has 0 rings (SSSR count). The lowest BCUT2D eigenvalue weighted by molar-refractivity contribution is -0.133. The van der Waals surface area contributed by atoms with Crippen LogP contribution in [0.1, 0.15) is 27.7 Å². The van der Waals surface area contributed by atoms with Crippen LogP contribution in [0, 0.1) is 5.92 Å². The fourth-order valence-electron chi connectivity index (χ4n) is 0.780. The van der Waals surface area contributed by atoms with Crippen LogP contribution in [-0.2, 0) is 9.59 Å². The van der Waals surface area contributed by atoms with E-state index in [1.807, 2.05) is 13.8 Å². The van der Waals surface area contributed by atoms with Crippen LogP contribution in [0.15, 0.2) is 0 Å². The predicted molar refractivity (Wildman–Crippen MR) is 55.8 cm³/mol. The summed E-state index contributed by atoms with van der Waals surface area (Å²) >= 11 is 0. The Hall–Kier alpha value is -1.06. The molecule has 4 heteroatoms. The van der Waals surface area contributed by atoms with Crippen molar-refractivity contribution in [1.82, 2.24) is 10.2 Å². The number of hydrogen-bond donors (Lipinski definition) is 1. The third-order valence-corrected chi connectivity index (χ3v) is 2.11. The molecule has 0 aliphatic heterocycles. The number of nitrogens with zero attached hydrogens (tertiary/aromatic N) is 1. The minimum atomic E-state index is -0.0875. The van der Waals surface area contributed by atoms with Gasteiger partial charge < -0.3 is 10.2 Å². The molecule has 0 unspecified atom stereocenters. The second-order valence-corrected chi connectivity index (χ2v) is 3.97. The molecule has 82 valence electrons. The molecule has 0 aromatic heterocycles. The van der Waals surface area contributed by atoms with E-state index >= 15 is 0 Å². The first-order valence-electron chi connectivity index (χ1n) is 4.89. The molecule has 0 aliphatic carbocycles. The molecular weight excluding hydrogens is 180 g/mol. The molecule has 0 aromatic rings. The van der Waals surface area contributed by atoms with Crippen molar-refractivity contribution < 1.29 is 9.59 Å². The van der Waals surface area contributed by atoms with Gasteiger partial charge in [-0.15, -0.1) is 0 Å². The van der Waals surface area contributed by atoms with Crippen molar-refractivity contribution in [3.05, 3.63) is 0 Å². The Labute approximate surface area is 85.7 Å². The number of likely N-dealkylation sites (N-methyl/N-ethyl adjacent to an activating group) is 1. The Balaban J connectivity index is 3.91. The van der Waals surface area contributed by atoms with E-state index in [1.165, 1.54) is 0 Å². The summed E-state index contributed by atoms with van der Waals surface area (Å²) in [6.45, 7) is 7.55. The summed E-state index contributed by atoms with van der Waals surface area (Å²) in [5, 5.41) is 2.59. The van der Waals surface area contributed by atoms with Gasteiger partial charge in [-0.3, -0.25) is 9.59 Å². The van der Waals surface area contributed by atoms with Gasteiger partial charge in [0.15, 0.2) is 0 Å². The summed E-state index contributed by atoms with van der Waals surface area (Å²) in [4.78, 5) is 24.2. The average Bonchev–Trinajstić information content (AvgIpc) is 2.11. The number of rotatable bonds is 4. The lowest BCUT2D eigenvalue weighted by atomic mass is 10.2. The molecule has 0 fully saturated rings. The Morgan fingerprint density at radius 3 is 2.07 bits per heavy atom. The van der Waals surface area contributed by atoms with Crippen LogP contribution >= 0.6 is 0 Å². The molecule has 1 N–H and O–H groups in total. The maximum atomic E-state index is 11.4. The highest BCUT2D eigenvalue weighted by atomic mass is 16.2. The summed E-state index contributed by atoms with van der Waals surface area (Å²) in [5.41, 5.74) is 0. The lowest BCUT2D eigenvalue weighted by Crippen LogP contribution is -2.42. The topological polar surface area (TPSA) is 49.4 Å². The van der Waals surface area contributed by atoms with Crippen molar-refractivity contribution in [2.45, 2.75) is 33.7 Å². The highest BCUT2D eigenvalue weighted by molar-refractivity contribution is 5.85. The van der Waals surface area contributed by atoms with E-state index in [9.17, 15) is 9.59 Å². The SMILES string of the molecule is CC(C)C(=O)NCC(=O)N(C)C(C)C. The van der Waals surface area contributed by atoms with E-state index in [4.69, 9.17) is 0 Å². The van der Waals surface area contributed by atoms with Crippen molar-refractivity contribution in [2.75, 3.05) is 13.6 Å². The number of amides is 2. The first kappa shape index (κ1) is 12.9. The normalized spacial score (nSPS) is 10.5. The van der Waals surface area contributed by atoms with Crippen LogP contribution in [0.25, 0.3) is 0 Å². The maximum absolute atomic E-state index is 11.4. The molecule has 0 spiro atoms. The van der Waals surface area contributed by atoms with Crippen molar-refractivity contribution in [1.29, 1.82) is 0 Å². The van der Waals surface area contributed by atoms with Gasteiger partial charge in [0.1, 0.15) is 0 Å². The molecule has 0 aliphatic rings. The van der Waals surface area contributed by atoms with Gasteiger partial charge in [0.2, 0.25) is 11.8 Å². The van der Waals surface area contributed by atoms with Crippen molar-refractivity contribution in [3.8, 4) is 0 Å². The van der Waals surface area contributed by atoms with Crippen LogP contribution in [0.3, 0.4) is 0 Å². The molecule has 2 amide bonds. The highest BCUT2D eigenvalue weighted by Gasteiger charge is 2.13. The van der Waals surface area contributed by atoms with Crippen LogP contribution < -0.4 is 5.32 Å². The maximum Gasteiger partial charge on any atom is 0.241 e. The van der Waals surface area contributed by atoms with E-state index in [1.54, 1.807) is 25.8 Å². The summed E-state index contributed by atoms with van der Waals surface area (Å²) in [7, 11) is 1.73. The molecule has 0 saturated heterocycles. The molecule has 0 aromatic carbocycles. The quantitative estimate of drug-likeness (QED) is 0.723. The monoisotopic (exact) mass is 200 g/mol. The first-order valence-corrected chi connectivity index (χ1v) is 4.89. The van der Waals surface area contributed by atoms with Gasteiger partial charge in [-0.1, -0.05) is 13.8 Å². The van der Waals surface area contributed by atoms with Crippen molar-refractivity contribution in [2.24, 2.45) is 5.92 Å². The van der Waals surface area contributed by atoms with Crippen molar-refractivity contribution in [3.63, 3.8) is 0 Å². The lowest BCUT2D eigenvalue weighted by Gasteiger charge is -2.21. The van der Waals surface area contributed by atoms with Crippen LogP contribution in [0.2, 0.25) is 0 Å². The van der Waals surface area contributed by atoms with E-state index < -0.39 is 0 Å². The predicted octanol–water partition coefficient (Wildman–Crippen LogP) is 0.625. The van der Waals surface area contributed by atoms with Gasteiger partial charge in [-0.2, -0.15) is 0 Å². The fourth-order valence-corrected chi connectivity index (χ4v) is 0.780. The molecular formula is C10H20N2O2. The minimum Gasteiger partial charge on any atom is -0.347 e.